The number of fused-ring (bicyclic) bond motifs is 1. The molecule has 2 atom stereocenters. The number of β-amino-alcohol motifs (C(OH)–C–C–N with tert-alkyl or cyclic N) is 1. The van der Waals surface area contributed by atoms with Crippen LogP contribution in [0, 0.1) is 20.8 Å². The highest BCUT2D eigenvalue weighted by Gasteiger charge is 2.38. The van der Waals surface area contributed by atoms with Crippen LogP contribution in [0.4, 0.5) is 0 Å². The Bertz CT molecular complexity index is 974. The average molecular weight is 355 g/mol. The van der Waals surface area contributed by atoms with Gasteiger partial charge in [0.2, 0.25) is 11.8 Å². The number of carbonyl (C=O) groups excluding carboxylic acids is 1. The van der Waals surface area contributed by atoms with E-state index in [1.165, 1.54) is 0 Å². The summed E-state index contributed by atoms with van der Waals surface area (Å²) < 4.78 is 10.9. The van der Waals surface area contributed by atoms with E-state index in [4.69, 9.17) is 8.94 Å². The zero-order chi connectivity index (χ0) is 18.4. The predicted molar refractivity (Wildman–Crippen MR) is 93.5 cm³/mol. The van der Waals surface area contributed by atoms with Gasteiger partial charge in [0, 0.05) is 23.9 Å². The first kappa shape index (κ1) is 16.8. The summed E-state index contributed by atoms with van der Waals surface area (Å²) in [6.07, 6.45) is 1.64. The number of benzene rings is 1. The van der Waals surface area contributed by atoms with E-state index in [9.17, 15) is 9.90 Å². The van der Waals surface area contributed by atoms with E-state index < -0.39 is 6.10 Å². The quantitative estimate of drug-likeness (QED) is 0.776. The summed E-state index contributed by atoms with van der Waals surface area (Å²) in [5.74, 6) is 0.791. The lowest BCUT2D eigenvalue weighted by molar-refractivity contribution is -0.132. The van der Waals surface area contributed by atoms with Gasteiger partial charge in [0.25, 0.3) is 0 Å². The van der Waals surface area contributed by atoms with Gasteiger partial charge < -0.3 is 18.9 Å². The van der Waals surface area contributed by atoms with E-state index in [2.05, 4.69) is 16.2 Å². The van der Waals surface area contributed by atoms with Gasteiger partial charge in [0.15, 0.2) is 5.82 Å². The fourth-order valence-corrected chi connectivity index (χ4v) is 3.51. The lowest BCUT2D eigenvalue weighted by Gasteiger charge is -2.21. The van der Waals surface area contributed by atoms with E-state index in [1.54, 1.807) is 18.1 Å². The number of carbonyl (C=O) groups is 1. The van der Waals surface area contributed by atoms with Crippen molar-refractivity contribution in [3.8, 4) is 0 Å². The molecule has 0 unspecified atom stereocenters. The standard InChI is InChI=1S/C19H21N3O4/c1-10-4-15-13(9-25-17(15)5-11(10)2)6-18(24)22-8-14(23)7-16(22)19-20-12(3)21-26-19/h4-5,9,14,16,23H,6-8H2,1-3H3/t14-,16+/m0/s1. The Labute approximate surface area is 150 Å². The molecule has 2 aromatic heterocycles. The van der Waals surface area contributed by atoms with Gasteiger partial charge >= 0.3 is 0 Å². The molecule has 3 heterocycles. The zero-order valence-electron chi connectivity index (χ0n) is 15.0. The van der Waals surface area contributed by atoms with E-state index in [0.29, 0.717) is 18.1 Å². The van der Waals surface area contributed by atoms with Crippen molar-refractivity contribution in [2.75, 3.05) is 6.54 Å². The van der Waals surface area contributed by atoms with Crippen LogP contribution in [-0.2, 0) is 11.2 Å². The monoisotopic (exact) mass is 355 g/mol. The van der Waals surface area contributed by atoms with Crippen molar-refractivity contribution >= 4 is 16.9 Å². The van der Waals surface area contributed by atoms with Crippen molar-refractivity contribution in [2.24, 2.45) is 0 Å². The normalized spacial score (nSPS) is 20.2. The number of aliphatic hydroxyl groups excluding tert-OH is 1. The molecule has 4 rings (SSSR count). The van der Waals surface area contributed by atoms with E-state index in [0.717, 1.165) is 27.7 Å². The van der Waals surface area contributed by atoms with Crippen LogP contribution in [0.2, 0.25) is 0 Å². The summed E-state index contributed by atoms with van der Waals surface area (Å²) in [7, 11) is 0. The fourth-order valence-electron chi connectivity index (χ4n) is 3.51. The highest BCUT2D eigenvalue weighted by molar-refractivity contribution is 5.88. The molecule has 1 saturated heterocycles. The maximum Gasteiger partial charge on any atom is 0.249 e. The molecule has 1 aliphatic rings. The summed E-state index contributed by atoms with van der Waals surface area (Å²) in [4.78, 5) is 18.8. The fraction of sp³-hybridized carbons (Fsp3) is 0.421. The molecule has 0 aliphatic carbocycles. The Kier molecular flexibility index (Phi) is 4.03. The van der Waals surface area contributed by atoms with Crippen LogP contribution in [0.1, 0.15) is 40.9 Å². The lowest BCUT2D eigenvalue weighted by atomic mass is 10.0. The molecular weight excluding hydrogens is 334 g/mol. The Morgan fingerprint density at radius 2 is 2.08 bits per heavy atom. The van der Waals surface area contributed by atoms with Crippen LogP contribution in [0.5, 0.6) is 0 Å². The first-order chi connectivity index (χ1) is 12.4. The van der Waals surface area contributed by atoms with Crippen molar-refractivity contribution in [3.63, 3.8) is 0 Å². The summed E-state index contributed by atoms with van der Waals surface area (Å²) in [6, 6.07) is 3.65. The third-order valence-electron chi connectivity index (χ3n) is 5.04. The number of furan rings is 1. The molecule has 7 heteroatoms. The molecule has 1 aliphatic heterocycles. The SMILES string of the molecule is Cc1noc([C@H]2C[C@H](O)CN2C(=O)Cc2coc3cc(C)c(C)cc23)n1. The Hall–Kier alpha value is -2.67. The molecule has 26 heavy (non-hydrogen) atoms. The van der Waals surface area contributed by atoms with Crippen LogP contribution in [-0.4, -0.2) is 38.7 Å². The molecule has 0 spiro atoms. The topological polar surface area (TPSA) is 92.6 Å². The summed E-state index contributed by atoms with van der Waals surface area (Å²) >= 11 is 0. The Morgan fingerprint density at radius 3 is 2.81 bits per heavy atom. The first-order valence-electron chi connectivity index (χ1n) is 8.67. The second kappa shape index (κ2) is 6.25. The highest BCUT2D eigenvalue weighted by atomic mass is 16.5. The first-order valence-corrected chi connectivity index (χ1v) is 8.67. The van der Waals surface area contributed by atoms with Crippen molar-refractivity contribution in [1.29, 1.82) is 0 Å². The number of hydrogen-bond acceptors (Lipinski definition) is 6. The van der Waals surface area contributed by atoms with Gasteiger partial charge in [0.05, 0.1) is 18.8 Å². The third kappa shape index (κ3) is 2.88. The summed E-state index contributed by atoms with van der Waals surface area (Å²) in [5.41, 5.74) is 3.93. The van der Waals surface area contributed by atoms with E-state index >= 15 is 0 Å². The minimum Gasteiger partial charge on any atom is -0.464 e. The summed E-state index contributed by atoms with van der Waals surface area (Å²) in [6.45, 7) is 6.06. The van der Waals surface area contributed by atoms with Gasteiger partial charge in [-0.3, -0.25) is 4.79 Å². The zero-order valence-corrected chi connectivity index (χ0v) is 15.0. The van der Waals surface area contributed by atoms with Gasteiger partial charge in [-0.25, -0.2) is 0 Å². The van der Waals surface area contributed by atoms with Gasteiger partial charge in [-0.05, 0) is 44.0 Å². The number of hydrogen-bond donors (Lipinski definition) is 1. The molecule has 1 amide bonds. The second-order valence-electron chi connectivity index (χ2n) is 7.00. The number of likely N-dealkylation sites (tertiary alicyclic amines) is 1. The Balaban J connectivity index is 1.60. The van der Waals surface area contributed by atoms with Gasteiger partial charge in [-0.2, -0.15) is 4.98 Å². The molecule has 1 aromatic carbocycles. The third-order valence-corrected chi connectivity index (χ3v) is 5.04. The van der Waals surface area contributed by atoms with Crippen molar-refractivity contribution in [2.45, 2.75) is 45.8 Å². The molecule has 1 fully saturated rings. The number of aromatic nitrogens is 2. The number of nitrogens with zero attached hydrogens (tertiary/aromatic N) is 3. The maximum absolute atomic E-state index is 12.9. The van der Waals surface area contributed by atoms with E-state index in [1.807, 2.05) is 19.9 Å². The number of amides is 1. The number of aliphatic hydroxyl groups is 1. The van der Waals surface area contributed by atoms with Crippen LogP contribution >= 0.6 is 0 Å². The molecular formula is C19H21N3O4. The highest BCUT2D eigenvalue weighted by Crippen LogP contribution is 2.33. The molecule has 0 saturated carbocycles. The van der Waals surface area contributed by atoms with E-state index in [-0.39, 0.29) is 24.9 Å². The van der Waals surface area contributed by atoms with Gasteiger partial charge in [-0.15, -0.1) is 0 Å². The van der Waals surface area contributed by atoms with Crippen LogP contribution < -0.4 is 0 Å². The van der Waals surface area contributed by atoms with Crippen LogP contribution in [0.3, 0.4) is 0 Å². The molecule has 136 valence electrons. The molecule has 7 nitrogen and oxygen atoms in total. The Morgan fingerprint density at radius 1 is 1.31 bits per heavy atom. The van der Waals surface area contributed by atoms with Crippen LogP contribution in [0.25, 0.3) is 11.0 Å². The van der Waals surface area contributed by atoms with Gasteiger partial charge in [0.1, 0.15) is 11.6 Å². The summed E-state index contributed by atoms with van der Waals surface area (Å²) in [5, 5.41) is 14.8. The molecule has 1 N–H and O–H groups in total. The minimum absolute atomic E-state index is 0.0941. The predicted octanol–water partition coefficient (Wildman–Crippen LogP) is 2.62. The van der Waals surface area contributed by atoms with Crippen molar-refractivity contribution in [3.05, 3.63) is 46.8 Å². The molecule has 0 bridgehead atoms. The van der Waals surface area contributed by atoms with Crippen molar-refractivity contribution < 1.29 is 18.8 Å². The molecule has 3 aromatic rings. The number of aryl methyl sites for hydroxylation is 3. The smallest absolute Gasteiger partial charge is 0.249 e. The maximum atomic E-state index is 12.9. The minimum atomic E-state index is -0.595. The van der Waals surface area contributed by atoms with Crippen molar-refractivity contribution in [1.82, 2.24) is 15.0 Å². The largest absolute Gasteiger partial charge is 0.464 e. The number of rotatable bonds is 3. The van der Waals surface area contributed by atoms with Gasteiger partial charge in [-0.1, -0.05) is 5.16 Å². The second-order valence-corrected chi connectivity index (χ2v) is 7.00. The average Bonchev–Trinajstić information content (AvgIpc) is 3.28. The molecule has 0 radical (unpaired) electrons. The van der Waals surface area contributed by atoms with Crippen LogP contribution in [0.15, 0.2) is 27.3 Å². The lowest BCUT2D eigenvalue weighted by Crippen LogP contribution is -2.33.